The van der Waals surface area contributed by atoms with Crippen molar-refractivity contribution in [2.45, 2.75) is 32.6 Å². The summed E-state index contributed by atoms with van der Waals surface area (Å²) in [5.74, 6) is 0. The van der Waals surface area contributed by atoms with Crippen LogP contribution < -0.4 is 0 Å². The maximum absolute atomic E-state index is 4.14. The summed E-state index contributed by atoms with van der Waals surface area (Å²) in [6, 6.07) is 0. The molecule has 0 N–H and O–H groups in total. The van der Waals surface area contributed by atoms with Crippen molar-refractivity contribution in [2.75, 3.05) is 7.05 Å². The first-order valence-electron chi connectivity index (χ1n) is 4.61. The van der Waals surface area contributed by atoms with Gasteiger partial charge in [-0.1, -0.05) is 23.8 Å². The van der Waals surface area contributed by atoms with Gasteiger partial charge in [-0.05, 0) is 32.6 Å². The van der Waals surface area contributed by atoms with Crippen molar-refractivity contribution in [3.05, 3.63) is 23.8 Å². The third-order valence-corrected chi connectivity index (χ3v) is 2.23. The molecule has 0 aromatic carbocycles. The molecule has 0 fully saturated rings. The SMILES string of the molecule is C/N=C(\C)CCC1=CCCC=C1. The average Bonchev–Trinajstić information content (AvgIpc) is 2.16. The lowest BCUT2D eigenvalue weighted by Crippen LogP contribution is -1.93. The highest BCUT2D eigenvalue weighted by Gasteiger charge is 1.97. The Balaban J connectivity index is 2.32. The van der Waals surface area contributed by atoms with Crippen molar-refractivity contribution in [2.24, 2.45) is 4.99 Å². The number of rotatable bonds is 3. The summed E-state index contributed by atoms with van der Waals surface area (Å²) in [6.07, 6.45) is 11.5. The van der Waals surface area contributed by atoms with E-state index in [1.165, 1.54) is 24.1 Å². The molecule has 0 saturated carbocycles. The van der Waals surface area contributed by atoms with Gasteiger partial charge in [0, 0.05) is 12.8 Å². The number of allylic oxidation sites excluding steroid dienone is 4. The average molecular weight is 163 g/mol. The van der Waals surface area contributed by atoms with Crippen LogP contribution in [0.4, 0.5) is 0 Å². The van der Waals surface area contributed by atoms with Gasteiger partial charge >= 0.3 is 0 Å². The van der Waals surface area contributed by atoms with E-state index in [1.54, 1.807) is 0 Å². The standard InChI is InChI=1S/C11H17N/c1-10(12-2)8-9-11-6-4-3-5-7-11/h4,6-7H,3,5,8-9H2,1-2H3/b12-10+. The van der Waals surface area contributed by atoms with Crippen LogP contribution in [0.5, 0.6) is 0 Å². The number of aliphatic imine (C=N–C) groups is 1. The van der Waals surface area contributed by atoms with Crippen molar-refractivity contribution in [1.29, 1.82) is 0 Å². The molecule has 1 aliphatic carbocycles. The lowest BCUT2D eigenvalue weighted by molar-refractivity contribution is 0.954. The first kappa shape index (κ1) is 9.24. The molecular formula is C11H17N. The molecular weight excluding hydrogens is 146 g/mol. The highest BCUT2D eigenvalue weighted by molar-refractivity contribution is 5.81. The first-order valence-corrected chi connectivity index (χ1v) is 4.61. The molecule has 0 aliphatic heterocycles. The highest BCUT2D eigenvalue weighted by atomic mass is 14.7. The van der Waals surface area contributed by atoms with Crippen molar-refractivity contribution < 1.29 is 0 Å². The number of nitrogens with zero attached hydrogens (tertiary/aromatic N) is 1. The summed E-state index contributed by atoms with van der Waals surface area (Å²) in [6.45, 7) is 2.09. The van der Waals surface area contributed by atoms with Gasteiger partial charge in [0.1, 0.15) is 0 Å². The normalized spacial score (nSPS) is 17.8. The van der Waals surface area contributed by atoms with Gasteiger partial charge in [0.15, 0.2) is 0 Å². The maximum Gasteiger partial charge on any atom is 0.0276 e. The third-order valence-electron chi connectivity index (χ3n) is 2.23. The molecule has 12 heavy (non-hydrogen) atoms. The number of hydrogen-bond acceptors (Lipinski definition) is 1. The van der Waals surface area contributed by atoms with Gasteiger partial charge in [0.05, 0.1) is 0 Å². The Morgan fingerprint density at radius 1 is 1.50 bits per heavy atom. The summed E-state index contributed by atoms with van der Waals surface area (Å²) in [5.41, 5.74) is 2.72. The van der Waals surface area contributed by atoms with Gasteiger partial charge in [-0.15, -0.1) is 0 Å². The lowest BCUT2D eigenvalue weighted by atomic mass is 10.0. The molecule has 1 rings (SSSR count). The summed E-state index contributed by atoms with van der Waals surface area (Å²) >= 11 is 0. The van der Waals surface area contributed by atoms with Crippen LogP contribution in [0.15, 0.2) is 28.8 Å². The van der Waals surface area contributed by atoms with Crippen LogP contribution in [0, 0.1) is 0 Å². The van der Waals surface area contributed by atoms with Crippen molar-refractivity contribution in [3.8, 4) is 0 Å². The molecule has 0 aromatic rings. The summed E-state index contributed by atoms with van der Waals surface area (Å²) in [4.78, 5) is 4.14. The molecule has 0 aromatic heterocycles. The van der Waals surface area contributed by atoms with E-state index in [2.05, 4.69) is 30.1 Å². The Morgan fingerprint density at radius 2 is 2.33 bits per heavy atom. The van der Waals surface area contributed by atoms with E-state index in [0.717, 1.165) is 12.8 Å². The third kappa shape index (κ3) is 3.04. The molecule has 0 bridgehead atoms. The first-order chi connectivity index (χ1) is 5.83. The molecule has 0 radical (unpaired) electrons. The topological polar surface area (TPSA) is 12.4 Å². The van der Waals surface area contributed by atoms with Gasteiger partial charge < -0.3 is 0 Å². The fraction of sp³-hybridized carbons (Fsp3) is 0.545. The Morgan fingerprint density at radius 3 is 2.92 bits per heavy atom. The summed E-state index contributed by atoms with van der Waals surface area (Å²) in [5, 5.41) is 0. The molecule has 66 valence electrons. The smallest absolute Gasteiger partial charge is 0.0276 e. The molecule has 1 heteroatoms. The van der Waals surface area contributed by atoms with Crippen LogP contribution >= 0.6 is 0 Å². The molecule has 1 aliphatic rings. The molecule has 0 amide bonds. The monoisotopic (exact) mass is 163 g/mol. The second-order valence-corrected chi connectivity index (χ2v) is 3.22. The van der Waals surface area contributed by atoms with E-state index in [4.69, 9.17) is 0 Å². The predicted octanol–water partition coefficient (Wildman–Crippen LogP) is 3.13. The fourth-order valence-corrected chi connectivity index (χ4v) is 1.29. The van der Waals surface area contributed by atoms with Crippen LogP contribution in [-0.4, -0.2) is 12.8 Å². The van der Waals surface area contributed by atoms with Crippen LogP contribution in [-0.2, 0) is 0 Å². The molecule has 0 saturated heterocycles. The van der Waals surface area contributed by atoms with Crippen LogP contribution in [0.1, 0.15) is 32.6 Å². The van der Waals surface area contributed by atoms with Crippen LogP contribution in [0.25, 0.3) is 0 Å². The molecule has 0 spiro atoms. The summed E-state index contributed by atoms with van der Waals surface area (Å²) < 4.78 is 0. The quantitative estimate of drug-likeness (QED) is 0.567. The minimum atomic E-state index is 1.10. The molecule has 0 unspecified atom stereocenters. The minimum absolute atomic E-state index is 1.10. The van der Waals surface area contributed by atoms with Crippen LogP contribution in [0.2, 0.25) is 0 Å². The molecule has 1 nitrogen and oxygen atoms in total. The van der Waals surface area contributed by atoms with E-state index in [1.807, 2.05) is 7.05 Å². The Bertz CT molecular complexity index is 221. The van der Waals surface area contributed by atoms with Gasteiger partial charge in [-0.25, -0.2) is 0 Å². The van der Waals surface area contributed by atoms with Gasteiger partial charge in [0.25, 0.3) is 0 Å². The van der Waals surface area contributed by atoms with E-state index >= 15 is 0 Å². The second kappa shape index (κ2) is 4.91. The van der Waals surface area contributed by atoms with E-state index in [0.29, 0.717) is 0 Å². The van der Waals surface area contributed by atoms with E-state index < -0.39 is 0 Å². The number of hydrogen-bond donors (Lipinski definition) is 0. The zero-order valence-electron chi connectivity index (χ0n) is 8.01. The Hall–Kier alpha value is -0.850. The van der Waals surface area contributed by atoms with Gasteiger partial charge in [0.2, 0.25) is 0 Å². The zero-order chi connectivity index (χ0) is 8.81. The van der Waals surface area contributed by atoms with Crippen molar-refractivity contribution >= 4 is 5.71 Å². The summed E-state index contributed by atoms with van der Waals surface area (Å²) in [7, 11) is 1.86. The minimum Gasteiger partial charge on any atom is -0.298 e. The van der Waals surface area contributed by atoms with E-state index in [-0.39, 0.29) is 0 Å². The van der Waals surface area contributed by atoms with Gasteiger partial charge in [-0.3, -0.25) is 4.99 Å². The predicted molar refractivity (Wildman–Crippen MR) is 54.7 cm³/mol. The fourth-order valence-electron chi connectivity index (χ4n) is 1.29. The van der Waals surface area contributed by atoms with Crippen LogP contribution in [0.3, 0.4) is 0 Å². The molecule has 0 atom stereocenters. The molecule has 0 heterocycles. The largest absolute Gasteiger partial charge is 0.298 e. The maximum atomic E-state index is 4.14. The van der Waals surface area contributed by atoms with Crippen molar-refractivity contribution in [3.63, 3.8) is 0 Å². The highest BCUT2D eigenvalue weighted by Crippen LogP contribution is 2.14. The lowest BCUT2D eigenvalue weighted by Gasteiger charge is -2.05. The Labute approximate surface area is 74.9 Å². The second-order valence-electron chi connectivity index (χ2n) is 3.22. The van der Waals surface area contributed by atoms with E-state index in [9.17, 15) is 0 Å². The van der Waals surface area contributed by atoms with Crippen molar-refractivity contribution in [1.82, 2.24) is 0 Å². The Kier molecular flexibility index (Phi) is 3.78. The van der Waals surface area contributed by atoms with Gasteiger partial charge in [-0.2, -0.15) is 0 Å². The zero-order valence-corrected chi connectivity index (χ0v) is 8.01.